The van der Waals surface area contributed by atoms with Gasteiger partial charge < -0.3 is 19.5 Å². The van der Waals surface area contributed by atoms with Gasteiger partial charge in [-0.1, -0.05) is 17.7 Å². The van der Waals surface area contributed by atoms with Crippen LogP contribution in [0.2, 0.25) is 5.02 Å². The molecule has 0 aliphatic heterocycles. The van der Waals surface area contributed by atoms with Crippen LogP contribution < -0.4 is 24.8 Å². The number of halogens is 1. The van der Waals surface area contributed by atoms with Crippen molar-refractivity contribution in [2.45, 2.75) is 27.3 Å². The number of guanidine groups is 1. The monoisotopic (exact) mass is 499 g/mol. The molecule has 1 heterocycles. The van der Waals surface area contributed by atoms with Gasteiger partial charge in [0.05, 0.1) is 33.6 Å². The maximum Gasteiger partial charge on any atom is 0.258 e. The van der Waals surface area contributed by atoms with Crippen LogP contribution in [0.25, 0.3) is 0 Å². The second-order valence-electron chi connectivity index (χ2n) is 7.84. The Balaban J connectivity index is 1.97. The number of methoxy groups -OCH3 is 3. The van der Waals surface area contributed by atoms with Gasteiger partial charge in [0.15, 0.2) is 11.5 Å². The first-order valence-electron chi connectivity index (χ1n) is 10.9. The molecular formula is C25H30ClN5O4. The summed E-state index contributed by atoms with van der Waals surface area (Å²) in [6, 6.07) is 8.65. The summed E-state index contributed by atoms with van der Waals surface area (Å²) >= 11 is 6.29. The highest BCUT2D eigenvalue weighted by atomic mass is 35.5. The summed E-state index contributed by atoms with van der Waals surface area (Å²) in [5.41, 5.74) is 4.73. The zero-order valence-electron chi connectivity index (χ0n) is 20.9. The van der Waals surface area contributed by atoms with Gasteiger partial charge in [-0.05, 0) is 50.6 Å². The molecule has 2 N–H and O–H groups in total. The number of hydrogen-bond donors (Lipinski definition) is 2. The van der Waals surface area contributed by atoms with Crippen molar-refractivity contribution in [3.05, 3.63) is 63.4 Å². The molecule has 1 amide bonds. The Labute approximate surface area is 210 Å². The molecule has 0 saturated carbocycles. The minimum absolute atomic E-state index is 0.261. The first-order chi connectivity index (χ1) is 16.7. The fourth-order valence-corrected chi connectivity index (χ4v) is 3.75. The van der Waals surface area contributed by atoms with E-state index in [0.717, 1.165) is 28.2 Å². The molecular weight excluding hydrogens is 470 g/mol. The van der Waals surface area contributed by atoms with E-state index in [0.29, 0.717) is 34.4 Å². The van der Waals surface area contributed by atoms with E-state index in [1.807, 2.05) is 44.6 Å². The standard InChI is InChI=1S/C25H30ClN5O4/c1-14-19(26)9-8-10-20(14)28-25(27-13-18-15(2)30-31(4)16(18)3)29-24(32)17-11-21(33-5)23(35-7)22(12-17)34-6/h8-12H,13H2,1-7H3,(H2,27,28,29,32). The maximum atomic E-state index is 13.3. The van der Waals surface area contributed by atoms with Crippen molar-refractivity contribution >= 4 is 29.2 Å². The fraction of sp³-hybridized carbons (Fsp3) is 0.320. The third-order valence-electron chi connectivity index (χ3n) is 5.73. The molecule has 0 spiro atoms. The van der Waals surface area contributed by atoms with Crippen LogP contribution in [0.5, 0.6) is 17.2 Å². The highest BCUT2D eigenvalue weighted by Gasteiger charge is 2.19. The number of ether oxygens (including phenoxy) is 3. The van der Waals surface area contributed by atoms with E-state index >= 15 is 0 Å². The molecule has 0 aliphatic carbocycles. The van der Waals surface area contributed by atoms with Crippen molar-refractivity contribution < 1.29 is 19.0 Å². The molecule has 35 heavy (non-hydrogen) atoms. The molecule has 9 nitrogen and oxygen atoms in total. The molecule has 2 aromatic carbocycles. The molecule has 3 rings (SSSR count). The van der Waals surface area contributed by atoms with Gasteiger partial charge >= 0.3 is 0 Å². The number of amides is 1. The predicted molar refractivity (Wildman–Crippen MR) is 137 cm³/mol. The normalized spacial score (nSPS) is 11.3. The number of hydrogen-bond acceptors (Lipinski definition) is 6. The molecule has 10 heteroatoms. The van der Waals surface area contributed by atoms with Crippen molar-refractivity contribution in [3.63, 3.8) is 0 Å². The van der Waals surface area contributed by atoms with E-state index in [4.69, 9.17) is 25.8 Å². The van der Waals surface area contributed by atoms with Gasteiger partial charge in [0.2, 0.25) is 11.7 Å². The van der Waals surface area contributed by atoms with Gasteiger partial charge in [0.1, 0.15) is 0 Å². The minimum atomic E-state index is -0.408. The summed E-state index contributed by atoms with van der Waals surface area (Å²) in [7, 11) is 6.38. The van der Waals surface area contributed by atoms with Crippen molar-refractivity contribution in [1.29, 1.82) is 0 Å². The topological polar surface area (TPSA) is 99.0 Å². The third-order valence-corrected chi connectivity index (χ3v) is 6.14. The van der Waals surface area contributed by atoms with Gasteiger partial charge in [0, 0.05) is 34.6 Å². The van der Waals surface area contributed by atoms with Crippen molar-refractivity contribution in [1.82, 2.24) is 15.1 Å². The zero-order chi connectivity index (χ0) is 25.7. The number of aromatic nitrogens is 2. The third kappa shape index (κ3) is 5.68. The summed E-state index contributed by atoms with van der Waals surface area (Å²) < 4.78 is 17.9. The summed E-state index contributed by atoms with van der Waals surface area (Å²) in [4.78, 5) is 17.9. The van der Waals surface area contributed by atoms with Crippen molar-refractivity contribution in [3.8, 4) is 17.2 Å². The second kappa shape index (κ2) is 11.1. The lowest BCUT2D eigenvalue weighted by molar-refractivity contribution is 0.0976. The molecule has 186 valence electrons. The van der Waals surface area contributed by atoms with Crippen LogP contribution in [0.15, 0.2) is 35.3 Å². The molecule has 0 atom stereocenters. The molecule has 0 bridgehead atoms. The Morgan fingerprint density at radius 2 is 1.74 bits per heavy atom. The number of anilines is 1. The lowest BCUT2D eigenvalue weighted by Gasteiger charge is -2.16. The second-order valence-corrected chi connectivity index (χ2v) is 8.25. The van der Waals surface area contributed by atoms with Crippen LogP contribution in [0.4, 0.5) is 5.69 Å². The lowest BCUT2D eigenvalue weighted by Crippen LogP contribution is -2.36. The average molecular weight is 500 g/mol. The number of rotatable bonds is 7. The van der Waals surface area contributed by atoms with Crippen LogP contribution in [-0.2, 0) is 13.6 Å². The number of carbonyl (C=O) groups is 1. The van der Waals surface area contributed by atoms with Gasteiger partial charge in [-0.3, -0.25) is 14.8 Å². The Hall–Kier alpha value is -3.72. The minimum Gasteiger partial charge on any atom is -0.493 e. The first-order valence-corrected chi connectivity index (χ1v) is 11.2. The van der Waals surface area contributed by atoms with Gasteiger partial charge in [-0.2, -0.15) is 5.10 Å². The van der Waals surface area contributed by atoms with E-state index < -0.39 is 5.91 Å². The van der Waals surface area contributed by atoms with Crippen molar-refractivity contribution in [2.24, 2.45) is 12.0 Å². The summed E-state index contributed by atoms with van der Waals surface area (Å²) in [5.74, 6) is 0.994. The average Bonchev–Trinajstić information content (AvgIpc) is 3.09. The van der Waals surface area contributed by atoms with Crippen LogP contribution in [0.1, 0.15) is 32.9 Å². The summed E-state index contributed by atoms with van der Waals surface area (Å²) in [5, 5.41) is 11.1. The largest absolute Gasteiger partial charge is 0.493 e. The summed E-state index contributed by atoms with van der Waals surface area (Å²) in [6.07, 6.45) is 0. The van der Waals surface area contributed by atoms with Crippen molar-refractivity contribution in [2.75, 3.05) is 26.6 Å². The Morgan fingerprint density at radius 1 is 1.09 bits per heavy atom. The Kier molecular flexibility index (Phi) is 8.24. The van der Waals surface area contributed by atoms with E-state index in [1.165, 1.54) is 21.3 Å². The number of benzene rings is 2. The molecule has 0 radical (unpaired) electrons. The zero-order valence-corrected chi connectivity index (χ0v) is 21.7. The maximum absolute atomic E-state index is 13.3. The molecule has 0 aliphatic rings. The fourth-order valence-electron chi connectivity index (χ4n) is 3.58. The molecule has 0 saturated heterocycles. The van der Waals surface area contributed by atoms with Crippen LogP contribution in [0, 0.1) is 20.8 Å². The first kappa shape index (κ1) is 25.9. The van der Waals surface area contributed by atoms with E-state index in [2.05, 4.69) is 20.7 Å². The predicted octanol–water partition coefficient (Wildman–Crippen LogP) is 4.42. The SMILES string of the molecule is COc1cc(C(=O)NC(=NCc2c(C)nn(C)c2C)Nc2cccc(Cl)c2C)cc(OC)c1OC. The van der Waals surface area contributed by atoms with Crippen LogP contribution >= 0.6 is 11.6 Å². The molecule has 3 aromatic rings. The highest BCUT2D eigenvalue weighted by molar-refractivity contribution is 6.31. The van der Waals surface area contributed by atoms with Crippen LogP contribution in [0.3, 0.4) is 0 Å². The van der Waals surface area contributed by atoms with Gasteiger partial charge in [-0.15, -0.1) is 0 Å². The van der Waals surface area contributed by atoms with Gasteiger partial charge in [0.25, 0.3) is 5.91 Å². The van der Waals surface area contributed by atoms with E-state index in [9.17, 15) is 4.79 Å². The Bertz CT molecular complexity index is 1240. The molecule has 0 unspecified atom stereocenters. The number of nitrogens with zero attached hydrogens (tertiary/aromatic N) is 3. The van der Waals surface area contributed by atoms with E-state index in [-0.39, 0.29) is 5.96 Å². The number of carbonyl (C=O) groups excluding carboxylic acids is 1. The Morgan fingerprint density at radius 3 is 2.29 bits per heavy atom. The quantitative estimate of drug-likeness (QED) is 0.369. The number of aliphatic imine (C=N–C) groups is 1. The number of nitrogens with one attached hydrogen (secondary N) is 2. The molecule has 0 fully saturated rings. The van der Waals surface area contributed by atoms with E-state index in [1.54, 1.807) is 18.2 Å². The highest BCUT2D eigenvalue weighted by Crippen LogP contribution is 2.38. The lowest BCUT2D eigenvalue weighted by atomic mass is 10.1. The van der Waals surface area contributed by atoms with Gasteiger partial charge in [-0.25, -0.2) is 4.99 Å². The number of aryl methyl sites for hydroxylation is 2. The smallest absolute Gasteiger partial charge is 0.258 e. The molecule has 1 aromatic heterocycles. The summed E-state index contributed by atoms with van der Waals surface area (Å²) in [6.45, 7) is 6.12. The van der Waals surface area contributed by atoms with Crippen LogP contribution in [-0.4, -0.2) is 43.0 Å².